The molecular weight excluding hydrogens is 677 g/mol. The molecule has 278 valence electrons. The summed E-state index contributed by atoms with van der Waals surface area (Å²) < 4.78 is 0. The standard InChI is InChI=1S/C54H58Si/c1-35(2)42-20-26-45(27-21-42)48-14-11-17-51(32-48)55(54-40(9)38(7)39(8)41(54)10,52-18-12-15-49(33-52)46-28-22-43(23-29-46)36(3)4)53-19-13-16-50(34-53)47-30-24-44(25-31-47)37(5)6/h11-37,40H,1-10H3. The second kappa shape index (κ2) is 15.6. The molecule has 6 aromatic rings. The molecule has 1 atom stereocenters. The van der Waals surface area contributed by atoms with Crippen molar-refractivity contribution in [1.29, 1.82) is 0 Å². The third kappa shape index (κ3) is 7.16. The van der Waals surface area contributed by atoms with Crippen molar-refractivity contribution in [2.75, 3.05) is 0 Å². The molecule has 1 aliphatic rings. The second-order valence-electron chi connectivity index (χ2n) is 16.9. The first-order valence-electron chi connectivity index (χ1n) is 20.4. The van der Waals surface area contributed by atoms with Gasteiger partial charge in [-0.15, -0.1) is 0 Å². The van der Waals surface area contributed by atoms with Gasteiger partial charge in [0.25, 0.3) is 0 Å². The Kier molecular flexibility index (Phi) is 10.9. The Labute approximate surface area is 332 Å². The number of hydrogen-bond acceptors (Lipinski definition) is 0. The van der Waals surface area contributed by atoms with Gasteiger partial charge in [0.05, 0.1) is 0 Å². The molecule has 0 saturated carbocycles. The fourth-order valence-corrected chi connectivity index (χ4v) is 14.6. The lowest BCUT2D eigenvalue weighted by molar-refractivity contribution is 0.851. The quantitative estimate of drug-likeness (QED) is 0.0971. The summed E-state index contributed by atoms with van der Waals surface area (Å²) in [6.45, 7) is 23.2. The summed E-state index contributed by atoms with van der Waals surface area (Å²) in [5.41, 5.74) is 16.1. The molecule has 0 spiro atoms. The lowest BCUT2D eigenvalue weighted by atomic mass is 9.99. The first-order chi connectivity index (χ1) is 26.4. The molecule has 0 heterocycles. The third-order valence-corrected chi connectivity index (χ3v) is 17.8. The first kappa shape index (κ1) is 38.3. The summed E-state index contributed by atoms with van der Waals surface area (Å²) in [5.74, 6) is 1.83. The maximum absolute atomic E-state index is 2.94. The van der Waals surface area contributed by atoms with Crippen LogP contribution in [0.3, 0.4) is 0 Å². The van der Waals surface area contributed by atoms with Crippen LogP contribution in [0.25, 0.3) is 33.4 Å². The monoisotopic (exact) mass is 734 g/mol. The van der Waals surface area contributed by atoms with Crippen LogP contribution in [-0.2, 0) is 0 Å². The third-order valence-electron chi connectivity index (χ3n) is 12.7. The van der Waals surface area contributed by atoms with E-state index in [2.05, 4.69) is 215 Å². The number of hydrogen-bond donors (Lipinski definition) is 0. The zero-order valence-corrected chi connectivity index (χ0v) is 35.7. The minimum absolute atomic E-state index is 0.323. The van der Waals surface area contributed by atoms with Gasteiger partial charge < -0.3 is 0 Å². The fraction of sp³-hybridized carbons (Fsp3) is 0.259. The van der Waals surface area contributed by atoms with Crippen molar-refractivity contribution in [2.45, 2.75) is 87.0 Å². The molecule has 0 saturated heterocycles. The summed E-state index contributed by atoms with van der Waals surface area (Å²) in [6.07, 6.45) is 0. The molecule has 0 nitrogen and oxygen atoms in total. The largest absolute Gasteiger partial charge is 0.176 e. The predicted octanol–water partition coefficient (Wildman–Crippen LogP) is 13.4. The minimum Gasteiger partial charge on any atom is -0.0636 e. The maximum atomic E-state index is 2.54. The van der Waals surface area contributed by atoms with Gasteiger partial charge in [-0.3, -0.25) is 0 Å². The molecule has 0 fully saturated rings. The van der Waals surface area contributed by atoms with Crippen LogP contribution >= 0.6 is 0 Å². The molecule has 0 bridgehead atoms. The number of rotatable bonds is 10. The van der Waals surface area contributed by atoms with Gasteiger partial charge in [0, 0.05) is 0 Å². The van der Waals surface area contributed by atoms with Gasteiger partial charge in [0.2, 0.25) is 0 Å². The van der Waals surface area contributed by atoms with Crippen molar-refractivity contribution >= 4 is 23.6 Å². The Bertz CT molecular complexity index is 2130. The Morgan fingerprint density at radius 1 is 0.382 bits per heavy atom. The maximum Gasteiger partial charge on any atom is 0.176 e. The van der Waals surface area contributed by atoms with Gasteiger partial charge in [0.15, 0.2) is 8.07 Å². The number of benzene rings is 6. The first-order valence-corrected chi connectivity index (χ1v) is 22.4. The van der Waals surface area contributed by atoms with E-state index in [4.69, 9.17) is 0 Å². The van der Waals surface area contributed by atoms with Crippen molar-refractivity contribution < 1.29 is 0 Å². The van der Waals surface area contributed by atoms with E-state index in [9.17, 15) is 0 Å². The predicted molar refractivity (Wildman–Crippen MR) is 243 cm³/mol. The van der Waals surface area contributed by atoms with Crippen LogP contribution in [0.2, 0.25) is 0 Å². The molecule has 1 aliphatic carbocycles. The van der Waals surface area contributed by atoms with Crippen LogP contribution in [0.15, 0.2) is 168 Å². The van der Waals surface area contributed by atoms with Crippen LogP contribution in [0, 0.1) is 5.92 Å². The molecule has 0 aromatic heterocycles. The molecule has 6 aromatic carbocycles. The summed E-state index contributed by atoms with van der Waals surface area (Å²) in [7, 11) is -2.94. The summed E-state index contributed by atoms with van der Waals surface area (Å²) in [4.78, 5) is 0. The van der Waals surface area contributed by atoms with E-state index in [0.29, 0.717) is 23.7 Å². The van der Waals surface area contributed by atoms with Crippen LogP contribution < -0.4 is 15.6 Å². The van der Waals surface area contributed by atoms with E-state index in [1.54, 1.807) is 5.20 Å². The van der Waals surface area contributed by atoms with Crippen molar-refractivity contribution in [2.24, 2.45) is 5.92 Å². The van der Waals surface area contributed by atoms with E-state index < -0.39 is 8.07 Å². The van der Waals surface area contributed by atoms with Crippen molar-refractivity contribution in [3.63, 3.8) is 0 Å². The van der Waals surface area contributed by atoms with E-state index in [1.807, 2.05) is 0 Å². The van der Waals surface area contributed by atoms with E-state index in [0.717, 1.165) is 0 Å². The molecule has 7 rings (SSSR count). The molecule has 1 heteroatoms. The van der Waals surface area contributed by atoms with Gasteiger partial charge in [-0.05, 0) is 116 Å². The Hall–Kier alpha value is -4.98. The Morgan fingerprint density at radius 3 is 0.945 bits per heavy atom. The van der Waals surface area contributed by atoms with Crippen LogP contribution in [-0.4, -0.2) is 8.07 Å². The van der Waals surface area contributed by atoms with Crippen LogP contribution in [0.4, 0.5) is 0 Å². The Balaban J connectivity index is 1.54. The van der Waals surface area contributed by atoms with Crippen LogP contribution in [0.1, 0.15) is 104 Å². The normalized spacial score (nSPS) is 14.9. The number of allylic oxidation sites excluding steroid dienone is 4. The van der Waals surface area contributed by atoms with Gasteiger partial charge in [-0.1, -0.05) is 210 Å². The van der Waals surface area contributed by atoms with Crippen molar-refractivity contribution in [3.8, 4) is 33.4 Å². The molecule has 0 aliphatic heterocycles. The molecular formula is C54H58Si. The van der Waals surface area contributed by atoms with Gasteiger partial charge in [0.1, 0.15) is 0 Å². The summed E-state index contributed by atoms with van der Waals surface area (Å²) in [6, 6.07) is 56.6. The fourth-order valence-electron chi connectivity index (χ4n) is 8.91. The van der Waals surface area contributed by atoms with E-state index >= 15 is 0 Å². The topological polar surface area (TPSA) is 0 Å². The molecule has 0 N–H and O–H groups in total. The second-order valence-corrected chi connectivity index (χ2v) is 20.7. The molecule has 1 unspecified atom stereocenters. The highest BCUT2D eigenvalue weighted by atomic mass is 28.3. The highest BCUT2D eigenvalue weighted by Crippen LogP contribution is 2.42. The highest BCUT2D eigenvalue weighted by Gasteiger charge is 2.48. The SMILES string of the molecule is CC1=C(C)C(C)C([Si](c2cccc(-c3ccc(C(C)C)cc3)c2)(c2cccc(-c3ccc(C(C)C)cc3)c2)c2cccc(-c3ccc(C(C)C)cc3)c2)=C1C. The van der Waals surface area contributed by atoms with Crippen molar-refractivity contribution in [3.05, 3.63) is 184 Å². The zero-order chi connectivity index (χ0) is 39.0. The minimum atomic E-state index is -2.94. The van der Waals surface area contributed by atoms with Crippen LogP contribution in [0.5, 0.6) is 0 Å². The Morgan fingerprint density at radius 2 is 0.691 bits per heavy atom. The zero-order valence-electron chi connectivity index (χ0n) is 34.7. The van der Waals surface area contributed by atoms with E-state index in [-0.39, 0.29) is 0 Å². The van der Waals surface area contributed by atoms with E-state index in [1.165, 1.54) is 82.4 Å². The highest BCUT2D eigenvalue weighted by molar-refractivity contribution is 7.16. The van der Waals surface area contributed by atoms with Gasteiger partial charge in [-0.25, -0.2) is 0 Å². The van der Waals surface area contributed by atoms with Gasteiger partial charge >= 0.3 is 0 Å². The molecule has 55 heavy (non-hydrogen) atoms. The lowest BCUT2D eigenvalue weighted by Gasteiger charge is -2.39. The molecule has 0 amide bonds. The smallest absolute Gasteiger partial charge is 0.0636 e. The average molecular weight is 735 g/mol. The lowest BCUT2D eigenvalue weighted by Crippen LogP contribution is -2.69. The molecule has 0 radical (unpaired) electrons. The summed E-state index contributed by atoms with van der Waals surface area (Å²) >= 11 is 0. The van der Waals surface area contributed by atoms with Gasteiger partial charge in [-0.2, -0.15) is 0 Å². The summed E-state index contributed by atoms with van der Waals surface area (Å²) in [5, 5.41) is 5.90. The average Bonchev–Trinajstić information content (AvgIpc) is 3.40. The van der Waals surface area contributed by atoms with Crippen molar-refractivity contribution in [1.82, 2.24) is 0 Å².